The third kappa shape index (κ3) is 5.48. The molecule has 6 heteroatoms. The molecule has 0 radical (unpaired) electrons. The van der Waals surface area contributed by atoms with Crippen LogP contribution < -0.4 is 9.47 Å². The fourth-order valence-electron chi connectivity index (χ4n) is 4.75. The number of benzene rings is 3. The second-order valence-corrected chi connectivity index (χ2v) is 9.08. The summed E-state index contributed by atoms with van der Waals surface area (Å²) >= 11 is 0. The van der Waals surface area contributed by atoms with Crippen molar-refractivity contribution in [2.45, 2.75) is 38.5 Å². The number of amides is 2. The van der Waals surface area contributed by atoms with Crippen LogP contribution in [0.1, 0.15) is 29.5 Å². The number of hydrogen-bond acceptors (Lipinski definition) is 4. The van der Waals surface area contributed by atoms with Crippen LogP contribution in [0.25, 0.3) is 0 Å². The Morgan fingerprint density at radius 3 is 2.11 bits per heavy atom. The van der Waals surface area contributed by atoms with E-state index in [9.17, 15) is 9.59 Å². The maximum absolute atomic E-state index is 13.3. The van der Waals surface area contributed by atoms with E-state index in [1.54, 1.807) is 17.0 Å². The molecule has 6 nitrogen and oxygen atoms in total. The van der Waals surface area contributed by atoms with Crippen molar-refractivity contribution in [1.29, 1.82) is 0 Å². The van der Waals surface area contributed by atoms with E-state index in [0.29, 0.717) is 25.3 Å². The summed E-state index contributed by atoms with van der Waals surface area (Å²) in [4.78, 5) is 30.1. The van der Waals surface area contributed by atoms with Gasteiger partial charge in [0.25, 0.3) is 5.91 Å². The van der Waals surface area contributed by atoms with Crippen LogP contribution >= 0.6 is 0 Å². The van der Waals surface area contributed by atoms with Gasteiger partial charge in [-0.1, -0.05) is 54.6 Å². The molecule has 0 saturated carbocycles. The van der Waals surface area contributed by atoms with Gasteiger partial charge in [-0.3, -0.25) is 9.59 Å². The molecule has 0 N–H and O–H groups in total. The molecule has 0 unspecified atom stereocenters. The molecular weight excluding hydrogens is 440 g/mol. The number of likely N-dealkylation sites (tertiary alicyclic amines) is 1. The zero-order chi connectivity index (χ0) is 24.0. The van der Waals surface area contributed by atoms with E-state index >= 15 is 0 Å². The van der Waals surface area contributed by atoms with E-state index in [0.717, 1.165) is 48.4 Å². The van der Waals surface area contributed by atoms with Gasteiger partial charge in [0.1, 0.15) is 24.1 Å². The Bertz CT molecular complexity index is 1160. The molecule has 5 rings (SSSR count). The van der Waals surface area contributed by atoms with Crippen LogP contribution in [0.5, 0.6) is 11.5 Å². The molecule has 2 aliphatic heterocycles. The second-order valence-electron chi connectivity index (χ2n) is 9.08. The molecule has 2 aliphatic rings. The fraction of sp³-hybridized carbons (Fsp3) is 0.310. The highest BCUT2D eigenvalue weighted by molar-refractivity contribution is 5.89. The third-order valence-corrected chi connectivity index (χ3v) is 6.71. The highest BCUT2D eigenvalue weighted by Gasteiger charge is 2.37. The molecule has 0 bridgehead atoms. The van der Waals surface area contributed by atoms with E-state index in [1.165, 1.54) is 0 Å². The van der Waals surface area contributed by atoms with Crippen molar-refractivity contribution in [3.8, 4) is 11.5 Å². The molecule has 1 atom stereocenters. The summed E-state index contributed by atoms with van der Waals surface area (Å²) in [6, 6.07) is 24.8. The van der Waals surface area contributed by atoms with Crippen LogP contribution in [0.2, 0.25) is 0 Å². The normalized spacial score (nSPS) is 17.1. The minimum Gasteiger partial charge on any atom is -0.489 e. The number of hydrogen-bond donors (Lipinski definition) is 0. The molecule has 2 amide bonds. The van der Waals surface area contributed by atoms with Gasteiger partial charge in [-0.15, -0.1) is 0 Å². The lowest BCUT2D eigenvalue weighted by Crippen LogP contribution is -2.54. The van der Waals surface area contributed by atoms with E-state index in [-0.39, 0.29) is 18.4 Å². The summed E-state index contributed by atoms with van der Waals surface area (Å²) < 4.78 is 11.6. The Hall–Kier alpha value is -3.80. The summed E-state index contributed by atoms with van der Waals surface area (Å²) in [5.74, 6) is 1.19. The first kappa shape index (κ1) is 23.0. The Morgan fingerprint density at radius 1 is 0.771 bits per heavy atom. The van der Waals surface area contributed by atoms with E-state index in [2.05, 4.69) is 6.07 Å². The summed E-state index contributed by atoms with van der Waals surface area (Å²) in [6.07, 6.45) is 2.60. The number of ether oxygens (including phenoxy) is 2. The molecule has 0 aliphatic carbocycles. The van der Waals surface area contributed by atoms with Gasteiger partial charge in [-0.2, -0.15) is 0 Å². The summed E-state index contributed by atoms with van der Waals surface area (Å²) in [6.45, 7) is 2.34. The van der Waals surface area contributed by atoms with Crippen LogP contribution in [0.15, 0.2) is 78.9 Å². The fourth-order valence-corrected chi connectivity index (χ4v) is 4.75. The lowest BCUT2D eigenvalue weighted by molar-refractivity contribution is -0.147. The standard InChI is InChI=1S/C29H30N2O4/c32-28(21-35-26-14-12-25(13-15-26)34-20-22-8-2-1-3-9-22)31-19-24-11-5-4-10-23(24)18-27(31)29(33)30-16-6-7-17-30/h1-5,8-15,27H,6-7,16-21H2/t27-/m0/s1. The van der Waals surface area contributed by atoms with Crippen LogP contribution in [-0.2, 0) is 29.2 Å². The number of carbonyl (C=O) groups excluding carboxylic acids is 2. The van der Waals surface area contributed by atoms with Gasteiger partial charge in [0.2, 0.25) is 5.91 Å². The summed E-state index contributed by atoms with van der Waals surface area (Å²) in [5.41, 5.74) is 3.33. The largest absolute Gasteiger partial charge is 0.489 e. The molecule has 180 valence electrons. The van der Waals surface area contributed by atoms with Crippen molar-refractivity contribution < 1.29 is 19.1 Å². The molecule has 1 fully saturated rings. The van der Waals surface area contributed by atoms with Crippen LogP contribution in [0.3, 0.4) is 0 Å². The van der Waals surface area contributed by atoms with Gasteiger partial charge in [0, 0.05) is 26.1 Å². The van der Waals surface area contributed by atoms with Gasteiger partial charge in [0.15, 0.2) is 6.61 Å². The van der Waals surface area contributed by atoms with Crippen molar-refractivity contribution in [1.82, 2.24) is 9.80 Å². The highest BCUT2D eigenvalue weighted by Crippen LogP contribution is 2.26. The minimum absolute atomic E-state index is 0.0465. The van der Waals surface area contributed by atoms with Crippen LogP contribution in [-0.4, -0.2) is 47.4 Å². The van der Waals surface area contributed by atoms with Crippen molar-refractivity contribution in [2.75, 3.05) is 19.7 Å². The number of nitrogens with zero attached hydrogens (tertiary/aromatic N) is 2. The molecule has 3 aromatic carbocycles. The quantitative estimate of drug-likeness (QED) is 0.519. The number of fused-ring (bicyclic) bond motifs is 1. The lowest BCUT2D eigenvalue weighted by Gasteiger charge is -2.37. The Balaban J connectivity index is 1.21. The maximum atomic E-state index is 13.3. The zero-order valence-electron chi connectivity index (χ0n) is 19.8. The van der Waals surface area contributed by atoms with E-state index in [1.807, 2.05) is 65.6 Å². The van der Waals surface area contributed by atoms with Crippen LogP contribution in [0, 0.1) is 0 Å². The van der Waals surface area contributed by atoms with Crippen molar-refractivity contribution in [3.05, 3.63) is 95.6 Å². The van der Waals surface area contributed by atoms with Crippen molar-refractivity contribution in [2.24, 2.45) is 0 Å². The van der Waals surface area contributed by atoms with Gasteiger partial charge >= 0.3 is 0 Å². The smallest absolute Gasteiger partial charge is 0.261 e. The second kappa shape index (κ2) is 10.6. The zero-order valence-corrected chi connectivity index (χ0v) is 19.8. The topological polar surface area (TPSA) is 59.1 Å². The third-order valence-electron chi connectivity index (χ3n) is 6.71. The maximum Gasteiger partial charge on any atom is 0.261 e. The number of carbonyl (C=O) groups is 2. The van der Waals surface area contributed by atoms with Crippen LogP contribution in [0.4, 0.5) is 0 Å². The molecule has 3 aromatic rings. The van der Waals surface area contributed by atoms with Gasteiger partial charge in [0.05, 0.1) is 0 Å². The molecule has 35 heavy (non-hydrogen) atoms. The first-order valence-corrected chi connectivity index (χ1v) is 12.2. The van der Waals surface area contributed by atoms with E-state index < -0.39 is 6.04 Å². The monoisotopic (exact) mass is 470 g/mol. The Kier molecular flexibility index (Phi) is 6.98. The average Bonchev–Trinajstić information content (AvgIpc) is 3.46. The van der Waals surface area contributed by atoms with Gasteiger partial charge in [-0.25, -0.2) is 0 Å². The molecule has 0 spiro atoms. The van der Waals surface area contributed by atoms with Crippen molar-refractivity contribution >= 4 is 11.8 Å². The number of rotatable bonds is 7. The molecule has 1 saturated heterocycles. The minimum atomic E-state index is -0.479. The molecule has 0 aromatic heterocycles. The van der Waals surface area contributed by atoms with Gasteiger partial charge in [-0.05, 0) is 53.8 Å². The van der Waals surface area contributed by atoms with Gasteiger partial charge < -0.3 is 19.3 Å². The first-order valence-electron chi connectivity index (χ1n) is 12.2. The predicted molar refractivity (Wildman–Crippen MR) is 133 cm³/mol. The summed E-state index contributed by atoms with van der Waals surface area (Å²) in [5, 5.41) is 0. The lowest BCUT2D eigenvalue weighted by atomic mass is 9.93. The predicted octanol–water partition coefficient (Wildman–Crippen LogP) is 4.22. The van der Waals surface area contributed by atoms with Crippen molar-refractivity contribution in [3.63, 3.8) is 0 Å². The average molecular weight is 471 g/mol. The molecular formula is C29H30N2O4. The SMILES string of the molecule is O=C([C@@H]1Cc2ccccc2CN1C(=O)COc1ccc(OCc2ccccc2)cc1)N1CCCC1. The Labute approximate surface area is 206 Å². The highest BCUT2D eigenvalue weighted by atomic mass is 16.5. The van der Waals surface area contributed by atoms with E-state index in [4.69, 9.17) is 9.47 Å². The summed E-state index contributed by atoms with van der Waals surface area (Å²) in [7, 11) is 0. The first-order chi connectivity index (χ1) is 17.2. The molecule has 2 heterocycles. The Morgan fingerprint density at radius 2 is 1.40 bits per heavy atom.